The van der Waals surface area contributed by atoms with Crippen LogP contribution in [0.4, 0.5) is 5.69 Å². The molecule has 8 heteroatoms. The minimum Gasteiger partial charge on any atom is -0.395 e. The van der Waals surface area contributed by atoms with E-state index in [-0.39, 0.29) is 42.2 Å². The molecule has 1 aliphatic rings. The number of benzene rings is 1. The maximum absolute atomic E-state index is 12.8. The van der Waals surface area contributed by atoms with Crippen LogP contribution < -0.4 is 4.90 Å². The molecule has 0 aliphatic carbocycles. The van der Waals surface area contributed by atoms with Crippen LogP contribution in [0.2, 0.25) is 0 Å². The maximum Gasteiger partial charge on any atom is 0.259 e. The summed E-state index contributed by atoms with van der Waals surface area (Å²) in [6.45, 7) is 2.81. The Balaban J connectivity index is 2.41. The minimum atomic E-state index is -0.549. The summed E-state index contributed by atoms with van der Waals surface area (Å²) in [5.74, 6) is -0.549. The van der Waals surface area contributed by atoms with Gasteiger partial charge in [0, 0.05) is 25.3 Å². The number of aliphatic hydroxyl groups is 2. The third-order valence-corrected chi connectivity index (χ3v) is 4.60. The molecular weight excluding hydrogens is 382 g/mol. The van der Waals surface area contributed by atoms with Gasteiger partial charge >= 0.3 is 0 Å². The normalized spacial score (nSPS) is 13.4. The van der Waals surface area contributed by atoms with Gasteiger partial charge in [-0.3, -0.25) is 4.79 Å². The highest BCUT2D eigenvalue weighted by Gasteiger charge is 2.36. The van der Waals surface area contributed by atoms with E-state index in [0.29, 0.717) is 6.54 Å². The smallest absolute Gasteiger partial charge is 0.259 e. The van der Waals surface area contributed by atoms with Crippen molar-refractivity contribution >= 4 is 17.7 Å². The third kappa shape index (κ3) is 4.56. The van der Waals surface area contributed by atoms with Crippen LogP contribution in [0, 0.1) is 34.0 Å². The Morgan fingerprint density at radius 1 is 1.10 bits per heavy atom. The van der Waals surface area contributed by atoms with Gasteiger partial charge in [0.15, 0.2) is 5.57 Å². The fraction of sp³-hybridized carbons (Fsp3) is 0.273. The molecule has 0 fully saturated rings. The summed E-state index contributed by atoms with van der Waals surface area (Å²) < 4.78 is 0. The third-order valence-electron chi connectivity index (χ3n) is 4.60. The first-order valence-electron chi connectivity index (χ1n) is 9.32. The summed E-state index contributed by atoms with van der Waals surface area (Å²) >= 11 is 0. The van der Waals surface area contributed by atoms with Gasteiger partial charge in [0.25, 0.3) is 5.91 Å². The van der Waals surface area contributed by atoms with Crippen molar-refractivity contribution < 1.29 is 15.0 Å². The number of β-amino-alcohol motifs (C(OH)–C–C–N with tert-alkyl or cyclic N) is 1. The van der Waals surface area contributed by atoms with Gasteiger partial charge in [0.1, 0.15) is 18.2 Å². The molecule has 152 valence electrons. The summed E-state index contributed by atoms with van der Waals surface area (Å²) in [5.41, 5.74) is 1.29. The van der Waals surface area contributed by atoms with Gasteiger partial charge < -0.3 is 20.0 Å². The van der Waals surface area contributed by atoms with Crippen LogP contribution in [-0.4, -0.2) is 53.9 Å². The van der Waals surface area contributed by atoms with E-state index in [1.807, 2.05) is 42.2 Å². The predicted octanol–water partition coefficient (Wildman–Crippen LogP) is 1.47. The van der Waals surface area contributed by atoms with Crippen molar-refractivity contribution in [1.29, 1.82) is 15.8 Å². The topological polar surface area (TPSA) is 135 Å². The molecule has 0 spiro atoms. The Morgan fingerprint density at radius 3 is 2.27 bits per heavy atom. The molecule has 1 heterocycles. The number of hydrogen-bond acceptors (Lipinski definition) is 7. The molecule has 0 saturated heterocycles. The number of nitriles is 3. The summed E-state index contributed by atoms with van der Waals surface area (Å²) in [6.07, 6.45) is 3.14. The lowest BCUT2D eigenvalue weighted by atomic mass is 10.1. The summed E-state index contributed by atoms with van der Waals surface area (Å²) in [6, 6.07) is 12.8. The molecule has 8 nitrogen and oxygen atoms in total. The number of aliphatic hydroxyl groups excluding tert-OH is 2. The van der Waals surface area contributed by atoms with Gasteiger partial charge in [-0.2, -0.15) is 15.8 Å². The van der Waals surface area contributed by atoms with Crippen molar-refractivity contribution in [1.82, 2.24) is 4.90 Å². The highest BCUT2D eigenvalue weighted by atomic mass is 16.3. The molecule has 1 aromatic carbocycles. The average molecular weight is 403 g/mol. The zero-order valence-corrected chi connectivity index (χ0v) is 16.5. The van der Waals surface area contributed by atoms with E-state index in [1.165, 1.54) is 6.08 Å². The van der Waals surface area contributed by atoms with E-state index in [0.717, 1.165) is 22.7 Å². The van der Waals surface area contributed by atoms with Gasteiger partial charge in [-0.05, 0) is 30.7 Å². The van der Waals surface area contributed by atoms with Crippen LogP contribution in [0.25, 0.3) is 6.08 Å². The highest BCUT2D eigenvalue weighted by Crippen LogP contribution is 2.32. The molecule has 0 atom stereocenters. The number of rotatable bonds is 8. The summed E-state index contributed by atoms with van der Waals surface area (Å²) in [5, 5.41) is 46.3. The van der Waals surface area contributed by atoms with Gasteiger partial charge in [-0.1, -0.05) is 18.2 Å². The van der Waals surface area contributed by atoms with E-state index in [9.17, 15) is 25.7 Å². The number of hydrogen-bond donors (Lipinski definition) is 2. The van der Waals surface area contributed by atoms with Crippen molar-refractivity contribution in [2.45, 2.75) is 6.92 Å². The lowest BCUT2D eigenvalue weighted by molar-refractivity contribution is -0.124. The first-order chi connectivity index (χ1) is 14.6. The number of likely N-dealkylation sites (N-methyl/N-ethyl adjacent to an activating group) is 1. The zero-order valence-electron chi connectivity index (χ0n) is 16.5. The van der Waals surface area contributed by atoms with Gasteiger partial charge in [-0.25, -0.2) is 0 Å². The van der Waals surface area contributed by atoms with Crippen molar-refractivity contribution in [3.63, 3.8) is 0 Å². The molecule has 1 aromatic rings. The first kappa shape index (κ1) is 22.4. The van der Waals surface area contributed by atoms with Crippen molar-refractivity contribution in [3.8, 4) is 18.2 Å². The van der Waals surface area contributed by atoms with E-state index in [2.05, 4.69) is 0 Å². The van der Waals surface area contributed by atoms with E-state index < -0.39 is 5.91 Å². The average Bonchev–Trinajstić information content (AvgIpc) is 3.03. The van der Waals surface area contributed by atoms with Crippen molar-refractivity contribution in [2.24, 2.45) is 0 Å². The number of carbonyl (C=O) groups is 1. The first-order valence-corrected chi connectivity index (χ1v) is 9.32. The van der Waals surface area contributed by atoms with E-state index in [4.69, 9.17) is 5.11 Å². The second-order valence-corrected chi connectivity index (χ2v) is 6.26. The number of amides is 1. The quantitative estimate of drug-likeness (QED) is 0.627. The standard InChI is InChI=1S/C22H21N5O3/c1-2-26(9-11-28)18-6-3-16(4-7-18)5-8-19-20(15-25)21(17(13-23)14-24)27(10-12-29)22(19)30/h3-8,28-29H,2,9-12H2,1H3/b8-5+. The SMILES string of the molecule is CCN(CCO)c1ccc(/C=C/C2=C(C#N)C(=C(C#N)C#N)N(CCO)C2=O)cc1. The molecule has 2 N–H and O–H groups in total. The second kappa shape index (κ2) is 10.6. The molecule has 0 aromatic heterocycles. The summed E-state index contributed by atoms with van der Waals surface area (Å²) in [7, 11) is 0. The summed E-state index contributed by atoms with van der Waals surface area (Å²) in [4.78, 5) is 15.9. The maximum atomic E-state index is 12.8. The predicted molar refractivity (Wildman–Crippen MR) is 110 cm³/mol. The van der Waals surface area contributed by atoms with Gasteiger partial charge in [0.05, 0.1) is 30.1 Å². The Kier molecular flexibility index (Phi) is 7.90. The number of nitrogens with zero attached hydrogens (tertiary/aromatic N) is 5. The van der Waals surface area contributed by atoms with Crippen molar-refractivity contribution in [3.05, 3.63) is 58.3 Å². The molecule has 0 unspecified atom stereocenters. The van der Waals surface area contributed by atoms with E-state index in [1.54, 1.807) is 18.2 Å². The van der Waals surface area contributed by atoms with E-state index >= 15 is 0 Å². The Morgan fingerprint density at radius 2 is 1.77 bits per heavy atom. The Bertz CT molecular complexity index is 1000. The number of anilines is 1. The molecule has 30 heavy (non-hydrogen) atoms. The Hall–Kier alpha value is -3.90. The number of carbonyl (C=O) groups excluding carboxylic acids is 1. The van der Waals surface area contributed by atoms with Crippen molar-refractivity contribution in [2.75, 3.05) is 37.7 Å². The van der Waals surface area contributed by atoms with Crippen LogP contribution in [0.3, 0.4) is 0 Å². The molecule has 1 amide bonds. The Labute approximate surface area is 175 Å². The highest BCUT2D eigenvalue weighted by molar-refractivity contribution is 6.05. The largest absolute Gasteiger partial charge is 0.395 e. The zero-order chi connectivity index (χ0) is 22.1. The molecular formula is C22H21N5O3. The van der Waals surface area contributed by atoms with Crippen LogP contribution in [0.1, 0.15) is 12.5 Å². The van der Waals surface area contributed by atoms with Crippen LogP contribution in [0.5, 0.6) is 0 Å². The minimum absolute atomic E-state index is 0.0519. The fourth-order valence-corrected chi connectivity index (χ4v) is 3.15. The molecule has 1 aliphatic heterocycles. The molecule has 0 bridgehead atoms. The number of allylic oxidation sites excluding steroid dienone is 2. The fourth-order valence-electron chi connectivity index (χ4n) is 3.15. The van der Waals surface area contributed by atoms with Crippen LogP contribution in [0.15, 0.2) is 52.8 Å². The van der Waals surface area contributed by atoms with Gasteiger partial charge in [-0.15, -0.1) is 0 Å². The van der Waals surface area contributed by atoms with Gasteiger partial charge in [0.2, 0.25) is 0 Å². The van der Waals surface area contributed by atoms with Crippen LogP contribution in [-0.2, 0) is 4.79 Å². The lowest BCUT2D eigenvalue weighted by Gasteiger charge is -2.21. The monoisotopic (exact) mass is 403 g/mol. The molecule has 0 radical (unpaired) electrons. The molecule has 2 rings (SSSR count). The molecule has 0 saturated carbocycles. The second-order valence-electron chi connectivity index (χ2n) is 6.26. The lowest BCUT2D eigenvalue weighted by Crippen LogP contribution is -2.29. The van der Waals surface area contributed by atoms with Crippen LogP contribution >= 0.6 is 0 Å².